The molecule has 0 unspecified atom stereocenters. The first-order valence-electron chi connectivity index (χ1n) is 9.31. The van der Waals surface area contributed by atoms with E-state index in [4.69, 9.17) is 34.1 Å². The second-order valence-corrected chi connectivity index (χ2v) is 8.10. The molecular weight excluding hydrogens is 354 g/mol. The third-order valence-corrected chi connectivity index (χ3v) is 4.25. The quantitative estimate of drug-likeness (QED) is 0.140. The molecule has 0 spiro atoms. The Kier molecular flexibility index (Phi) is 31.5. The van der Waals surface area contributed by atoms with Gasteiger partial charge >= 0.3 is 0 Å². The minimum atomic E-state index is 0.361. The molecule has 0 aromatic rings. The van der Waals surface area contributed by atoms with E-state index in [1.807, 2.05) is 0 Å². The van der Waals surface area contributed by atoms with Crippen molar-refractivity contribution in [3.63, 3.8) is 0 Å². The lowest BCUT2D eigenvalue weighted by Crippen LogP contribution is -1.83. The van der Waals surface area contributed by atoms with E-state index < -0.39 is 0 Å². The molecule has 0 N–H and O–H groups in total. The average Bonchev–Trinajstić information content (AvgIpc) is 2.52. The van der Waals surface area contributed by atoms with Crippen LogP contribution in [0.5, 0.6) is 0 Å². The summed E-state index contributed by atoms with van der Waals surface area (Å²) in [5.74, 6) is 0.846. The van der Waals surface area contributed by atoms with E-state index in [2.05, 4.69) is 6.92 Å². The lowest BCUT2D eigenvalue weighted by molar-refractivity contribution is 0.531. The summed E-state index contributed by atoms with van der Waals surface area (Å²) in [6.45, 7) is 2.29. The van der Waals surface area contributed by atoms with Crippen molar-refractivity contribution in [2.24, 2.45) is 0 Å². The fourth-order valence-electron chi connectivity index (χ4n) is 2.64. The molecule has 22 heavy (non-hydrogen) atoms. The third-order valence-electron chi connectivity index (χ3n) is 3.99. The molecule has 0 heterocycles. The minimum absolute atomic E-state index is 0.361. The Hall–Kier alpha value is 1.30. The van der Waals surface area contributed by atoms with Crippen LogP contribution in [-0.2, 0) is 0 Å². The van der Waals surface area contributed by atoms with Gasteiger partial charge in [0.2, 0.25) is 0 Å². The first kappa shape index (κ1) is 25.5. The van der Waals surface area contributed by atoms with Crippen molar-refractivity contribution < 1.29 is 0 Å². The maximum Gasteiger partial charge on any atom is 0.141 e. The predicted octanol–water partition coefficient (Wildman–Crippen LogP) is 9.73. The summed E-state index contributed by atoms with van der Waals surface area (Å²) in [4.78, 5) is 0. The normalized spacial score (nSPS) is 10.4. The van der Waals surface area contributed by atoms with Crippen LogP contribution in [0.3, 0.4) is 0 Å². The lowest BCUT2D eigenvalue weighted by atomic mass is 10.0. The summed E-state index contributed by atoms with van der Waals surface area (Å²) in [6.07, 6.45) is 22.8. The van der Waals surface area contributed by atoms with Gasteiger partial charge in [-0.3, -0.25) is 0 Å². The maximum absolute atomic E-state index is 5.66. The van der Waals surface area contributed by atoms with E-state index in [-0.39, 0.29) is 0 Å². The van der Waals surface area contributed by atoms with E-state index in [0.717, 1.165) is 5.88 Å². The van der Waals surface area contributed by atoms with Gasteiger partial charge in [0.25, 0.3) is 0 Å². The lowest BCUT2D eigenvalue weighted by Gasteiger charge is -2.03. The van der Waals surface area contributed by atoms with E-state index in [1.165, 1.54) is 103 Å². The molecule has 135 valence electrons. The van der Waals surface area contributed by atoms with E-state index in [9.17, 15) is 0 Å². The Morgan fingerprint density at radius 1 is 0.500 bits per heavy atom. The van der Waals surface area contributed by atoms with Crippen LogP contribution in [0.4, 0.5) is 0 Å². The van der Waals surface area contributed by atoms with Crippen molar-refractivity contribution in [1.29, 1.82) is 0 Å². The molecule has 0 aromatic heterocycles. The molecular formula is C18H37Cl3P. The SMILES string of the molecule is CCCCCCCCCCCCCCCCCCCl.Cl[P]Cl. The van der Waals surface area contributed by atoms with Crippen molar-refractivity contribution in [3.05, 3.63) is 0 Å². The molecule has 0 saturated carbocycles. The summed E-state index contributed by atoms with van der Waals surface area (Å²) in [5.41, 5.74) is 0. The van der Waals surface area contributed by atoms with Gasteiger partial charge in [0.15, 0.2) is 0 Å². The number of rotatable bonds is 16. The number of halogens is 3. The highest BCUT2D eigenvalue weighted by atomic mass is 35.9. The van der Waals surface area contributed by atoms with Crippen LogP contribution in [0.15, 0.2) is 0 Å². The van der Waals surface area contributed by atoms with Crippen LogP contribution in [0.2, 0.25) is 0 Å². The molecule has 4 heteroatoms. The molecule has 1 radical (unpaired) electrons. The fraction of sp³-hybridized carbons (Fsp3) is 1.00. The molecule has 0 aliphatic rings. The Morgan fingerprint density at radius 2 is 0.727 bits per heavy atom. The van der Waals surface area contributed by atoms with Crippen LogP contribution < -0.4 is 0 Å². The number of unbranched alkanes of at least 4 members (excludes halogenated alkanes) is 15. The fourth-order valence-corrected chi connectivity index (χ4v) is 2.83. The third kappa shape index (κ3) is 29.3. The molecule has 0 rings (SSSR count). The van der Waals surface area contributed by atoms with Gasteiger partial charge in [-0.15, -0.1) is 11.6 Å². The van der Waals surface area contributed by atoms with Gasteiger partial charge in [0, 0.05) is 5.88 Å². The average molecular weight is 391 g/mol. The first-order chi connectivity index (χ1) is 10.8. The van der Waals surface area contributed by atoms with Gasteiger partial charge < -0.3 is 0 Å². The largest absolute Gasteiger partial charge is 0.141 e. The number of hydrogen-bond acceptors (Lipinski definition) is 0. The molecule has 0 atom stereocenters. The van der Waals surface area contributed by atoms with Gasteiger partial charge in [-0.2, -0.15) is 0 Å². The second-order valence-electron chi connectivity index (χ2n) is 6.06. The molecule has 0 aliphatic carbocycles. The Labute approximate surface area is 156 Å². The highest BCUT2D eigenvalue weighted by Gasteiger charge is 1.94. The molecule has 0 fully saturated rings. The van der Waals surface area contributed by atoms with Crippen LogP contribution in [0.1, 0.15) is 110 Å². The van der Waals surface area contributed by atoms with Crippen LogP contribution >= 0.6 is 41.4 Å². The van der Waals surface area contributed by atoms with Crippen LogP contribution in [-0.4, -0.2) is 5.88 Å². The minimum Gasteiger partial charge on any atom is -0.127 e. The Balaban J connectivity index is 0. The summed E-state index contributed by atoms with van der Waals surface area (Å²) < 4.78 is 0. The molecule has 0 aliphatic heterocycles. The van der Waals surface area contributed by atoms with E-state index in [0.29, 0.717) is 7.29 Å². The van der Waals surface area contributed by atoms with Gasteiger partial charge in [-0.25, -0.2) is 0 Å². The molecule has 0 aromatic carbocycles. The molecule has 0 amide bonds. The van der Waals surface area contributed by atoms with Crippen LogP contribution in [0, 0.1) is 0 Å². The molecule has 0 bridgehead atoms. The van der Waals surface area contributed by atoms with E-state index in [1.54, 1.807) is 0 Å². The highest BCUT2D eigenvalue weighted by molar-refractivity contribution is 7.90. The maximum atomic E-state index is 5.66. The highest BCUT2D eigenvalue weighted by Crippen LogP contribution is 2.19. The summed E-state index contributed by atoms with van der Waals surface area (Å²) in [7, 11) is 0.361. The van der Waals surface area contributed by atoms with Gasteiger partial charge in [-0.05, 0) is 6.42 Å². The van der Waals surface area contributed by atoms with Crippen molar-refractivity contribution in [3.8, 4) is 0 Å². The zero-order chi connectivity index (χ0) is 16.7. The number of hydrogen-bond donors (Lipinski definition) is 0. The van der Waals surface area contributed by atoms with Crippen molar-refractivity contribution in [2.45, 2.75) is 110 Å². The van der Waals surface area contributed by atoms with Crippen molar-refractivity contribution in [1.82, 2.24) is 0 Å². The molecule has 0 nitrogen and oxygen atoms in total. The molecule has 0 saturated heterocycles. The Morgan fingerprint density at radius 3 is 0.955 bits per heavy atom. The van der Waals surface area contributed by atoms with Crippen LogP contribution in [0.25, 0.3) is 0 Å². The summed E-state index contributed by atoms with van der Waals surface area (Å²) in [6, 6.07) is 0. The summed E-state index contributed by atoms with van der Waals surface area (Å²) in [5, 5.41) is 0. The van der Waals surface area contributed by atoms with Gasteiger partial charge in [-0.1, -0.05) is 126 Å². The van der Waals surface area contributed by atoms with Crippen molar-refractivity contribution >= 4 is 41.4 Å². The zero-order valence-electron chi connectivity index (χ0n) is 14.6. The number of alkyl halides is 1. The van der Waals surface area contributed by atoms with E-state index >= 15 is 0 Å². The second kappa shape index (κ2) is 27.2. The van der Waals surface area contributed by atoms with Gasteiger partial charge in [0.1, 0.15) is 7.29 Å². The topological polar surface area (TPSA) is 0 Å². The standard InChI is InChI=1S/C18H37Cl.Cl2P/c1-2-3-4-5-6-7-8-9-10-11-12-13-14-15-16-17-18-19;1-3-2/h2-18H2,1H3;. The van der Waals surface area contributed by atoms with Crippen molar-refractivity contribution in [2.75, 3.05) is 5.88 Å². The first-order valence-corrected chi connectivity index (χ1v) is 12.6. The Bertz CT molecular complexity index is 152. The summed E-state index contributed by atoms with van der Waals surface area (Å²) >= 11 is 15.1. The predicted molar refractivity (Wildman–Crippen MR) is 109 cm³/mol. The smallest absolute Gasteiger partial charge is 0.127 e. The zero-order valence-corrected chi connectivity index (χ0v) is 17.8. The monoisotopic (exact) mass is 389 g/mol. The van der Waals surface area contributed by atoms with Gasteiger partial charge in [0.05, 0.1) is 0 Å².